The topological polar surface area (TPSA) is 108 Å². The number of nitrogens with zero attached hydrogens (tertiary/aromatic N) is 1. The van der Waals surface area contributed by atoms with Gasteiger partial charge in [0.05, 0.1) is 17.8 Å². The van der Waals surface area contributed by atoms with Crippen molar-refractivity contribution >= 4 is 28.7 Å². The van der Waals surface area contributed by atoms with Crippen molar-refractivity contribution in [2.75, 3.05) is 0 Å². The number of aromatic nitrogens is 1. The highest BCUT2D eigenvalue weighted by Gasteiger charge is 2.37. The van der Waals surface area contributed by atoms with E-state index in [-0.39, 0.29) is 24.7 Å². The van der Waals surface area contributed by atoms with Gasteiger partial charge in [0.2, 0.25) is 11.8 Å². The molecule has 0 radical (unpaired) electrons. The number of carbonyl (C=O) groups is 3. The van der Waals surface area contributed by atoms with E-state index >= 15 is 0 Å². The lowest BCUT2D eigenvalue weighted by molar-refractivity contribution is -0.137. The van der Waals surface area contributed by atoms with Crippen LogP contribution in [0.25, 0.3) is 10.9 Å². The Morgan fingerprint density at radius 3 is 2.67 bits per heavy atom. The number of amides is 2. The number of aliphatic carboxylic acids is 1. The third-order valence-electron chi connectivity index (χ3n) is 5.01. The van der Waals surface area contributed by atoms with Crippen LogP contribution in [0, 0.1) is 0 Å². The van der Waals surface area contributed by atoms with Gasteiger partial charge in [-0.2, -0.15) is 0 Å². The summed E-state index contributed by atoms with van der Waals surface area (Å²) in [7, 11) is 0. The Morgan fingerprint density at radius 2 is 1.93 bits per heavy atom. The number of hydrogen-bond donors (Lipinski definition) is 3. The Bertz CT molecular complexity index is 867. The molecule has 1 fully saturated rings. The molecule has 1 unspecified atom stereocenters. The first-order chi connectivity index (χ1) is 13.0. The smallest absolute Gasteiger partial charge is 0.303 e. The largest absolute Gasteiger partial charge is 0.481 e. The summed E-state index contributed by atoms with van der Waals surface area (Å²) in [5.74, 6) is -1.12. The average molecular weight is 369 g/mol. The Morgan fingerprint density at radius 1 is 1.15 bits per heavy atom. The highest BCUT2D eigenvalue weighted by molar-refractivity contribution is 5.81. The van der Waals surface area contributed by atoms with Gasteiger partial charge in [0.15, 0.2) is 0 Å². The second-order valence-electron chi connectivity index (χ2n) is 6.99. The summed E-state index contributed by atoms with van der Waals surface area (Å²) >= 11 is 0. The lowest BCUT2D eigenvalue weighted by Crippen LogP contribution is -2.43. The van der Waals surface area contributed by atoms with Crippen LogP contribution >= 0.6 is 0 Å². The molecule has 1 aliphatic heterocycles. The van der Waals surface area contributed by atoms with Crippen LogP contribution in [0.15, 0.2) is 36.4 Å². The Kier molecular flexibility index (Phi) is 5.69. The highest BCUT2D eigenvalue weighted by Crippen LogP contribution is 2.30. The summed E-state index contributed by atoms with van der Waals surface area (Å²) in [6.45, 7) is 0.332. The normalized spacial score (nSPS) is 19.0. The van der Waals surface area contributed by atoms with Crippen molar-refractivity contribution in [3.05, 3.63) is 42.1 Å². The molecule has 3 N–H and O–H groups in total. The van der Waals surface area contributed by atoms with Gasteiger partial charge >= 0.3 is 5.97 Å². The minimum absolute atomic E-state index is 0.0249. The summed E-state index contributed by atoms with van der Waals surface area (Å²) < 4.78 is 0. The van der Waals surface area contributed by atoms with Gasteiger partial charge in [0.1, 0.15) is 0 Å². The molecule has 3 rings (SSSR count). The van der Waals surface area contributed by atoms with Crippen molar-refractivity contribution in [1.82, 2.24) is 15.6 Å². The molecule has 1 saturated heterocycles. The van der Waals surface area contributed by atoms with Gasteiger partial charge in [-0.1, -0.05) is 24.3 Å². The van der Waals surface area contributed by atoms with Crippen molar-refractivity contribution in [2.45, 2.75) is 50.6 Å². The van der Waals surface area contributed by atoms with Crippen LogP contribution in [0.4, 0.5) is 0 Å². The van der Waals surface area contributed by atoms with Crippen LogP contribution in [-0.2, 0) is 20.9 Å². The number of para-hydroxylation sites is 1. The molecule has 0 spiro atoms. The van der Waals surface area contributed by atoms with Crippen LogP contribution in [-0.4, -0.2) is 33.4 Å². The lowest BCUT2D eigenvalue weighted by Gasteiger charge is -2.28. The molecule has 2 amide bonds. The first-order valence-corrected chi connectivity index (χ1v) is 9.10. The SMILES string of the molecule is O=C(O)CCC1(CCC(=O)NCc2ccc3ccccc3n2)CCC(=O)N1. The molecule has 1 aliphatic rings. The van der Waals surface area contributed by atoms with Crippen molar-refractivity contribution in [2.24, 2.45) is 0 Å². The van der Waals surface area contributed by atoms with E-state index in [0.29, 0.717) is 32.2 Å². The molecule has 1 aromatic heterocycles. The number of fused-ring (bicyclic) bond motifs is 1. The molecule has 1 aromatic carbocycles. The molecule has 27 heavy (non-hydrogen) atoms. The summed E-state index contributed by atoms with van der Waals surface area (Å²) in [5, 5.41) is 15.7. The molecular formula is C20H23N3O4. The number of nitrogens with one attached hydrogen (secondary N) is 2. The maximum Gasteiger partial charge on any atom is 0.303 e. The second kappa shape index (κ2) is 8.16. The summed E-state index contributed by atoms with van der Waals surface area (Å²) in [5.41, 5.74) is 1.07. The van der Waals surface area contributed by atoms with Crippen molar-refractivity contribution in [1.29, 1.82) is 0 Å². The molecule has 2 heterocycles. The van der Waals surface area contributed by atoms with Gasteiger partial charge in [0.25, 0.3) is 0 Å². The Balaban J connectivity index is 1.53. The zero-order valence-corrected chi connectivity index (χ0v) is 15.0. The van der Waals surface area contributed by atoms with Gasteiger partial charge in [-0.25, -0.2) is 0 Å². The Hall–Kier alpha value is -2.96. The quantitative estimate of drug-likeness (QED) is 0.661. The van der Waals surface area contributed by atoms with E-state index in [1.165, 1.54) is 0 Å². The van der Waals surface area contributed by atoms with Gasteiger partial charge in [0, 0.05) is 30.2 Å². The van der Waals surface area contributed by atoms with Crippen LogP contribution in [0.1, 0.15) is 44.2 Å². The number of benzene rings is 1. The molecule has 7 heteroatoms. The molecule has 142 valence electrons. The summed E-state index contributed by atoms with van der Waals surface area (Å²) in [6.07, 6.45) is 1.92. The van der Waals surface area contributed by atoms with E-state index in [0.717, 1.165) is 16.6 Å². The van der Waals surface area contributed by atoms with E-state index in [1.54, 1.807) is 0 Å². The number of carboxylic acid groups (broad SMARTS) is 1. The lowest BCUT2D eigenvalue weighted by atomic mass is 9.86. The zero-order chi connectivity index (χ0) is 19.3. The first-order valence-electron chi connectivity index (χ1n) is 9.10. The van der Waals surface area contributed by atoms with E-state index in [4.69, 9.17) is 5.11 Å². The van der Waals surface area contributed by atoms with E-state index in [9.17, 15) is 14.4 Å². The fourth-order valence-corrected chi connectivity index (χ4v) is 3.46. The van der Waals surface area contributed by atoms with Crippen LogP contribution in [0.5, 0.6) is 0 Å². The zero-order valence-electron chi connectivity index (χ0n) is 15.0. The van der Waals surface area contributed by atoms with Crippen molar-refractivity contribution in [3.63, 3.8) is 0 Å². The molecule has 1 atom stereocenters. The monoisotopic (exact) mass is 369 g/mol. The number of rotatable bonds is 8. The van der Waals surface area contributed by atoms with Gasteiger partial charge in [-0.05, 0) is 31.4 Å². The maximum atomic E-state index is 12.2. The molecule has 7 nitrogen and oxygen atoms in total. The van der Waals surface area contributed by atoms with Gasteiger partial charge in [-0.15, -0.1) is 0 Å². The minimum atomic E-state index is -0.901. The summed E-state index contributed by atoms with van der Waals surface area (Å²) in [4.78, 5) is 39.2. The van der Waals surface area contributed by atoms with Crippen molar-refractivity contribution < 1.29 is 19.5 Å². The third kappa shape index (κ3) is 5.03. The first kappa shape index (κ1) is 18.8. The fraction of sp³-hybridized carbons (Fsp3) is 0.400. The Labute approximate surface area is 157 Å². The van der Waals surface area contributed by atoms with Gasteiger partial charge < -0.3 is 15.7 Å². The fourth-order valence-electron chi connectivity index (χ4n) is 3.46. The predicted molar refractivity (Wildman–Crippen MR) is 99.8 cm³/mol. The molecule has 2 aromatic rings. The predicted octanol–water partition coefficient (Wildman–Crippen LogP) is 2.14. The number of pyridine rings is 1. The standard InChI is InChI=1S/C20H23N3O4/c24-17(7-10-20(12-9-19(26)27)11-8-18(25)23-20)21-13-15-6-5-14-3-1-2-4-16(14)22-15/h1-6H,7-13H2,(H,21,24)(H,23,25)(H,26,27). The number of carboxylic acids is 1. The molecular weight excluding hydrogens is 346 g/mol. The maximum absolute atomic E-state index is 12.2. The molecule has 0 bridgehead atoms. The molecule has 0 saturated carbocycles. The third-order valence-corrected chi connectivity index (χ3v) is 5.01. The number of hydrogen-bond acceptors (Lipinski definition) is 4. The van der Waals surface area contributed by atoms with E-state index in [1.807, 2.05) is 36.4 Å². The highest BCUT2D eigenvalue weighted by atomic mass is 16.4. The van der Waals surface area contributed by atoms with Crippen LogP contribution < -0.4 is 10.6 Å². The average Bonchev–Trinajstić information content (AvgIpc) is 3.04. The molecule has 0 aliphatic carbocycles. The van der Waals surface area contributed by atoms with E-state index < -0.39 is 11.5 Å². The minimum Gasteiger partial charge on any atom is -0.481 e. The van der Waals surface area contributed by atoms with Gasteiger partial charge in [-0.3, -0.25) is 19.4 Å². The van der Waals surface area contributed by atoms with Crippen LogP contribution in [0.3, 0.4) is 0 Å². The second-order valence-corrected chi connectivity index (χ2v) is 6.99. The van der Waals surface area contributed by atoms with Crippen LogP contribution in [0.2, 0.25) is 0 Å². The number of carbonyl (C=O) groups excluding carboxylic acids is 2. The van der Waals surface area contributed by atoms with E-state index in [2.05, 4.69) is 15.6 Å². The van der Waals surface area contributed by atoms with Crippen molar-refractivity contribution in [3.8, 4) is 0 Å². The summed E-state index contributed by atoms with van der Waals surface area (Å²) in [6, 6.07) is 11.6.